The van der Waals surface area contributed by atoms with Gasteiger partial charge in [-0.05, 0) is 19.9 Å². The summed E-state index contributed by atoms with van der Waals surface area (Å²) in [7, 11) is -0.684. The Morgan fingerprint density at radius 3 is 2.53 bits per heavy atom. The minimum absolute atomic E-state index is 0.322. The molecule has 1 unspecified atom stereocenters. The topological polar surface area (TPSA) is 75.4 Å². The molecule has 3 N–H and O–H groups in total. The molecule has 1 atom stereocenters. The van der Waals surface area contributed by atoms with Crippen LogP contribution in [0.15, 0.2) is 0 Å². The van der Waals surface area contributed by atoms with Gasteiger partial charge in [-0.15, -0.1) is 0 Å². The van der Waals surface area contributed by atoms with E-state index in [1.165, 1.54) is 0 Å². The van der Waals surface area contributed by atoms with Crippen LogP contribution in [0.3, 0.4) is 0 Å². The second-order valence-electron chi connectivity index (χ2n) is 4.75. The third kappa shape index (κ3) is 4.37. The quantitative estimate of drug-likeness (QED) is 0.662. The Morgan fingerprint density at radius 2 is 2.06 bits per heavy atom. The summed E-state index contributed by atoms with van der Waals surface area (Å²) in [4.78, 5) is 13.7. The minimum Gasteiger partial charge on any atom is -0.368 e. The van der Waals surface area contributed by atoms with Gasteiger partial charge in [0, 0.05) is 41.9 Å². The minimum atomic E-state index is -0.686. The van der Waals surface area contributed by atoms with Crippen molar-refractivity contribution in [1.82, 2.24) is 10.2 Å². The number of nitrogens with two attached hydrogens (primary N) is 1. The highest BCUT2D eigenvalue weighted by Gasteiger charge is 2.33. The summed E-state index contributed by atoms with van der Waals surface area (Å²) < 4.78 is 11.3. The highest BCUT2D eigenvalue weighted by molar-refractivity contribution is 7.85. The van der Waals surface area contributed by atoms with Crippen molar-refractivity contribution >= 4 is 16.7 Å². The third-order valence-electron chi connectivity index (χ3n) is 3.12. The molecule has 100 valence electrons. The molecule has 1 aliphatic rings. The second-order valence-corrected chi connectivity index (χ2v) is 6.44. The molecule has 17 heavy (non-hydrogen) atoms. The first-order valence-electron chi connectivity index (χ1n) is 6.10. The van der Waals surface area contributed by atoms with Crippen LogP contribution in [0.4, 0.5) is 0 Å². The maximum Gasteiger partial charge on any atom is 0.238 e. The van der Waals surface area contributed by atoms with E-state index < -0.39 is 16.3 Å². The standard InChI is InChI=1S/C11H23N3O2S/c1-3-4-13-11(2,10(12)15)9-14-5-7-17(16)8-6-14/h13H,3-9H2,1-2H3,(H2,12,15). The average Bonchev–Trinajstić information content (AvgIpc) is 2.29. The molecule has 0 saturated carbocycles. The molecule has 1 rings (SSSR count). The smallest absolute Gasteiger partial charge is 0.238 e. The number of carbonyl (C=O) groups is 1. The second kappa shape index (κ2) is 6.47. The van der Waals surface area contributed by atoms with E-state index in [-0.39, 0.29) is 5.91 Å². The molecule has 0 aliphatic carbocycles. The van der Waals surface area contributed by atoms with Gasteiger partial charge in [0.1, 0.15) is 5.54 Å². The summed E-state index contributed by atoms with van der Waals surface area (Å²) >= 11 is 0. The Bertz CT molecular complexity index is 288. The van der Waals surface area contributed by atoms with Crippen molar-refractivity contribution in [2.24, 2.45) is 5.73 Å². The molecule has 1 saturated heterocycles. The third-order valence-corrected chi connectivity index (χ3v) is 4.40. The number of carbonyl (C=O) groups excluding carboxylic acids is 1. The first-order valence-corrected chi connectivity index (χ1v) is 7.59. The first kappa shape index (κ1) is 14.6. The predicted octanol–water partition coefficient (Wildman–Crippen LogP) is -0.706. The van der Waals surface area contributed by atoms with Crippen LogP contribution in [0.25, 0.3) is 0 Å². The SMILES string of the molecule is CCCNC(C)(CN1CCS(=O)CC1)C(N)=O. The highest BCUT2D eigenvalue weighted by Crippen LogP contribution is 2.09. The maximum atomic E-state index is 11.5. The van der Waals surface area contributed by atoms with Crippen LogP contribution in [0.5, 0.6) is 0 Å². The first-order chi connectivity index (χ1) is 7.98. The Morgan fingerprint density at radius 1 is 1.47 bits per heavy atom. The number of nitrogens with zero attached hydrogens (tertiary/aromatic N) is 1. The van der Waals surface area contributed by atoms with Gasteiger partial charge in [-0.3, -0.25) is 13.9 Å². The van der Waals surface area contributed by atoms with Crippen molar-refractivity contribution in [3.05, 3.63) is 0 Å². The van der Waals surface area contributed by atoms with Crippen LogP contribution < -0.4 is 11.1 Å². The monoisotopic (exact) mass is 261 g/mol. The molecule has 0 spiro atoms. The molecule has 0 bridgehead atoms. The molecule has 0 radical (unpaired) electrons. The Labute approximate surface area is 106 Å². The van der Waals surface area contributed by atoms with Crippen LogP contribution in [-0.2, 0) is 15.6 Å². The van der Waals surface area contributed by atoms with Crippen molar-refractivity contribution in [3.8, 4) is 0 Å². The highest BCUT2D eigenvalue weighted by atomic mass is 32.2. The zero-order chi connectivity index (χ0) is 12.9. The fourth-order valence-corrected chi connectivity index (χ4v) is 3.03. The van der Waals surface area contributed by atoms with Gasteiger partial charge >= 0.3 is 0 Å². The van der Waals surface area contributed by atoms with Crippen LogP contribution in [-0.4, -0.2) is 58.2 Å². The van der Waals surface area contributed by atoms with Gasteiger partial charge in [-0.25, -0.2) is 0 Å². The molecule has 1 heterocycles. The van der Waals surface area contributed by atoms with Gasteiger partial charge in [0.15, 0.2) is 0 Å². The van der Waals surface area contributed by atoms with Crippen molar-refractivity contribution in [1.29, 1.82) is 0 Å². The number of hydrogen-bond acceptors (Lipinski definition) is 4. The largest absolute Gasteiger partial charge is 0.368 e. The maximum absolute atomic E-state index is 11.5. The van der Waals surface area contributed by atoms with Crippen LogP contribution in [0, 0.1) is 0 Å². The molecule has 6 heteroatoms. The average molecular weight is 261 g/mol. The van der Waals surface area contributed by atoms with E-state index in [0.29, 0.717) is 18.1 Å². The number of nitrogens with one attached hydrogen (secondary N) is 1. The van der Waals surface area contributed by atoms with E-state index in [0.717, 1.165) is 26.1 Å². The van der Waals surface area contributed by atoms with Gasteiger partial charge in [0.2, 0.25) is 5.91 Å². The fraction of sp³-hybridized carbons (Fsp3) is 0.909. The summed E-state index contributed by atoms with van der Waals surface area (Å²) in [6.45, 7) is 6.83. The lowest BCUT2D eigenvalue weighted by molar-refractivity contribution is -0.124. The van der Waals surface area contributed by atoms with E-state index in [2.05, 4.69) is 17.1 Å². The van der Waals surface area contributed by atoms with E-state index in [9.17, 15) is 9.00 Å². The molecular weight excluding hydrogens is 238 g/mol. The van der Waals surface area contributed by atoms with Crippen molar-refractivity contribution < 1.29 is 9.00 Å². The summed E-state index contributed by atoms with van der Waals surface area (Å²) in [6.07, 6.45) is 0.965. The lowest BCUT2D eigenvalue weighted by atomic mass is 10.0. The molecule has 1 amide bonds. The van der Waals surface area contributed by atoms with Crippen molar-refractivity contribution in [3.63, 3.8) is 0 Å². The molecule has 0 aromatic rings. The van der Waals surface area contributed by atoms with Crippen LogP contribution >= 0.6 is 0 Å². The lowest BCUT2D eigenvalue weighted by Gasteiger charge is -2.35. The van der Waals surface area contributed by atoms with Gasteiger partial charge in [0.05, 0.1) is 0 Å². The molecule has 1 aliphatic heterocycles. The number of amides is 1. The van der Waals surface area contributed by atoms with Crippen LogP contribution in [0.2, 0.25) is 0 Å². The number of hydrogen-bond donors (Lipinski definition) is 2. The molecule has 5 nitrogen and oxygen atoms in total. The molecule has 0 aromatic heterocycles. The Hall–Kier alpha value is -0.460. The van der Waals surface area contributed by atoms with Gasteiger partial charge < -0.3 is 11.1 Å². The van der Waals surface area contributed by atoms with E-state index in [4.69, 9.17) is 5.73 Å². The van der Waals surface area contributed by atoms with E-state index in [1.54, 1.807) is 0 Å². The predicted molar refractivity (Wildman–Crippen MR) is 70.2 cm³/mol. The Balaban J connectivity index is 2.54. The summed E-state index contributed by atoms with van der Waals surface area (Å²) in [6, 6.07) is 0. The van der Waals surface area contributed by atoms with Crippen LogP contribution in [0.1, 0.15) is 20.3 Å². The summed E-state index contributed by atoms with van der Waals surface area (Å²) in [5.41, 5.74) is 4.78. The zero-order valence-electron chi connectivity index (χ0n) is 10.7. The fourth-order valence-electron chi connectivity index (χ4n) is 1.90. The van der Waals surface area contributed by atoms with E-state index >= 15 is 0 Å². The number of rotatable bonds is 6. The lowest BCUT2D eigenvalue weighted by Crippen LogP contribution is -2.61. The summed E-state index contributed by atoms with van der Waals surface area (Å²) in [5.74, 6) is 1.07. The normalized spacial score (nSPS) is 22.2. The van der Waals surface area contributed by atoms with Crippen molar-refractivity contribution in [2.45, 2.75) is 25.8 Å². The van der Waals surface area contributed by atoms with Gasteiger partial charge in [-0.1, -0.05) is 6.92 Å². The van der Waals surface area contributed by atoms with Crippen molar-refractivity contribution in [2.75, 3.05) is 37.7 Å². The molecule has 0 aromatic carbocycles. The zero-order valence-corrected chi connectivity index (χ0v) is 11.5. The van der Waals surface area contributed by atoms with Gasteiger partial charge in [0.25, 0.3) is 0 Å². The number of primary amides is 1. The Kier molecular flexibility index (Phi) is 5.55. The van der Waals surface area contributed by atoms with E-state index in [1.807, 2.05) is 6.92 Å². The summed E-state index contributed by atoms with van der Waals surface area (Å²) in [5, 5.41) is 3.21. The molecule has 1 fully saturated rings. The molecular formula is C11H23N3O2S. The van der Waals surface area contributed by atoms with Gasteiger partial charge in [-0.2, -0.15) is 0 Å².